The zero-order valence-corrected chi connectivity index (χ0v) is 15.5. The van der Waals surface area contributed by atoms with Crippen molar-refractivity contribution in [3.63, 3.8) is 0 Å². The molecule has 1 heterocycles. The number of ether oxygens (including phenoxy) is 1. The standard InChI is InChI=1S/C22H23N3O2/c1-16-8-9-20(27-2)19(14-16)25-22(26)18-11-13-24-21(15-18)23-12-10-17-6-4-3-5-7-17/h3-9,11,13-15H,10,12H2,1-2H3,(H,23,24)(H,25,26). The van der Waals surface area contributed by atoms with Gasteiger partial charge in [-0.3, -0.25) is 4.79 Å². The second-order valence-electron chi connectivity index (χ2n) is 6.25. The van der Waals surface area contributed by atoms with E-state index in [4.69, 9.17) is 4.74 Å². The van der Waals surface area contributed by atoms with E-state index >= 15 is 0 Å². The summed E-state index contributed by atoms with van der Waals surface area (Å²) in [4.78, 5) is 16.9. The normalized spacial score (nSPS) is 10.3. The molecular weight excluding hydrogens is 338 g/mol. The zero-order valence-electron chi connectivity index (χ0n) is 15.5. The molecule has 5 nitrogen and oxygen atoms in total. The van der Waals surface area contributed by atoms with E-state index in [1.807, 2.05) is 43.3 Å². The number of benzene rings is 2. The van der Waals surface area contributed by atoms with Crippen molar-refractivity contribution in [2.75, 3.05) is 24.3 Å². The van der Waals surface area contributed by atoms with Crippen molar-refractivity contribution in [2.24, 2.45) is 0 Å². The minimum Gasteiger partial charge on any atom is -0.495 e. The number of amides is 1. The number of carbonyl (C=O) groups excluding carboxylic acids is 1. The number of hydrogen-bond acceptors (Lipinski definition) is 4. The van der Waals surface area contributed by atoms with Crippen LogP contribution in [-0.4, -0.2) is 24.5 Å². The Bertz CT molecular complexity index is 910. The van der Waals surface area contributed by atoms with Crippen molar-refractivity contribution < 1.29 is 9.53 Å². The van der Waals surface area contributed by atoms with Crippen molar-refractivity contribution in [1.29, 1.82) is 0 Å². The summed E-state index contributed by atoms with van der Waals surface area (Å²) < 4.78 is 5.32. The topological polar surface area (TPSA) is 63.2 Å². The Labute approximate surface area is 159 Å². The predicted molar refractivity (Wildman–Crippen MR) is 109 cm³/mol. The molecule has 138 valence electrons. The van der Waals surface area contributed by atoms with Gasteiger partial charge in [0, 0.05) is 18.3 Å². The maximum Gasteiger partial charge on any atom is 0.255 e. The second kappa shape index (κ2) is 8.85. The molecule has 5 heteroatoms. The Balaban J connectivity index is 1.64. The quantitative estimate of drug-likeness (QED) is 0.658. The van der Waals surface area contributed by atoms with Gasteiger partial charge in [0.1, 0.15) is 11.6 Å². The highest BCUT2D eigenvalue weighted by atomic mass is 16.5. The fourth-order valence-corrected chi connectivity index (χ4v) is 2.76. The van der Waals surface area contributed by atoms with Crippen molar-refractivity contribution >= 4 is 17.4 Å². The van der Waals surface area contributed by atoms with Gasteiger partial charge in [-0.25, -0.2) is 4.98 Å². The summed E-state index contributed by atoms with van der Waals surface area (Å²) in [6.45, 7) is 2.71. The Morgan fingerprint density at radius 3 is 2.67 bits per heavy atom. The number of aryl methyl sites for hydroxylation is 1. The van der Waals surface area contributed by atoms with Gasteiger partial charge in [-0.05, 0) is 48.7 Å². The van der Waals surface area contributed by atoms with Gasteiger partial charge < -0.3 is 15.4 Å². The van der Waals surface area contributed by atoms with Crippen LogP contribution in [0.4, 0.5) is 11.5 Å². The van der Waals surface area contributed by atoms with Crippen molar-refractivity contribution in [2.45, 2.75) is 13.3 Å². The van der Waals surface area contributed by atoms with Crippen LogP contribution in [0.25, 0.3) is 0 Å². The first kappa shape index (κ1) is 18.5. The Morgan fingerprint density at radius 2 is 1.89 bits per heavy atom. The van der Waals surface area contributed by atoms with E-state index in [2.05, 4.69) is 27.8 Å². The molecule has 0 unspecified atom stereocenters. The highest BCUT2D eigenvalue weighted by molar-refractivity contribution is 6.05. The van der Waals surface area contributed by atoms with Gasteiger partial charge in [0.15, 0.2) is 0 Å². The van der Waals surface area contributed by atoms with Crippen LogP contribution in [0, 0.1) is 6.92 Å². The smallest absolute Gasteiger partial charge is 0.255 e. The third-order valence-corrected chi connectivity index (χ3v) is 4.19. The molecule has 27 heavy (non-hydrogen) atoms. The molecule has 2 N–H and O–H groups in total. The van der Waals surface area contributed by atoms with Crippen molar-refractivity contribution in [3.8, 4) is 5.75 Å². The molecule has 0 aliphatic rings. The first-order valence-electron chi connectivity index (χ1n) is 8.85. The molecular formula is C22H23N3O2. The molecule has 0 radical (unpaired) electrons. The molecule has 0 fully saturated rings. The van der Waals surface area contributed by atoms with Gasteiger partial charge in [-0.2, -0.15) is 0 Å². The molecule has 3 rings (SSSR count). The number of nitrogens with zero attached hydrogens (tertiary/aromatic N) is 1. The number of nitrogens with one attached hydrogen (secondary N) is 2. The van der Waals surface area contributed by atoms with Gasteiger partial charge >= 0.3 is 0 Å². The Kier molecular flexibility index (Phi) is 6.05. The Morgan fingerprint density at radius 1 is 1.07 bits per heavy atom. The van der Waals surface area contributed by atoms with Crippen LogP contribution >= 0.6 is 0 Å². The highest BCUT2D eigenvalue weighted by Gasteiger charge is 2.11. The maximum atomic E-state index is 12.6. The third kappa shape index (κ3) is 5.07. The van der Waals surface area contributed by atoms with Gasteiger partial charge in [-0.1, -0.05) is 36.4 Å². The summed E-state index contributed by atoms with van der Waals surface area (Å²) in [6, 6.07) is 19.4. The van der Waals surface area contributed by atoms with E-state index in [1.165, 1.54) is 5.56 Å². The van der Waals surface area contributed by atoms with Crippen molar-refractivity contribution in [1.82, 2.24) is 4.98 Å². The first-order valence-corrected chi connectivity index (χ1v) is 8.85. The number of methoxy groups -OCH3 is 1. The summed E-state index contributed by atoms with van der Waals surface area (Å²) in [5.41, 5.74) is 3.49. The number of carbonyl (C=O) groups is 1. The molecule has 0 bridgehead atoms. The van der Waals surface area contributed by atoms with Crippen LogP contribution in [0.1, 0.15) is 21.5 Å². The van der Waals surface area contributed by atoms with E-state index in [0.29, 0.717) is 22.8 Å². The molecule has 0 spiro atoms. The number of hydrogen-bond donors (Lipinski definition) is 2. The molecule has 0 saturated carbocycles. The minimum absolute atomic E-state index is 0.201. The summed E-state index contributed by atoms with van der Waals surface area (Å²) in [7, 11) is 1.58. The van der Waals surface area contributed by atoms with Gasteiger partial charge in [-0.15, -0.1) is 0 Å². The fourth-order valence-electron chi connectivity index (χ4n) is 2.76. The average Bonchev–Trinajstić information content (AvgIpc) is 2.69. The largest absolute Gasteiger partial charge is 0.495 e. The van der Waals surface area contributed by atoms with Crippen LogP contribution in [-0.2, 0) is 6.42 Å². The summed E-state index contributed by atoms with van der Waals surface area (Å²) >= 11 is 0. The molecule has 0 aliphatic carbocycles. The lowest BCUT2D eigenvalue weighted by atomic mass is 10.1. The minimum atomic E-state index is -0.201. The molecule has 1 amide bonds. The van der Waals surface area contributed by atoms with E-state index in [0.717, 1.165) is 18.5 Å². The van der Waals surface area contributed by atoms with Crippen LogP contribution in [0.2, 0.25) is 0 Å². The summed E-state index contributed by atoms with van der Waals surface area (Å²) in [5.74, 6) is 1.10. The average molecular weight is 361 g/mol. The summed E-state index contributed by atoms with van der Waals surface area (Å²) in [5, 5.41) is 6.18. The molecule has 0 aliphatic heterocycles. The van der Waals surface area contributed by atoms with E-state index in [9.17, 15) is 4.79 Å². The lowest BCUT2D eigenvalue weighted by Gasteiger charge is -2.12. The first-order chi connectivity index (χ1) is 13.2. The second-order valence-corrected chi connectivity index (χ2v) is 6.25. The van der Waals surface area contributed by atoms with Gasteiger partial charge in [0.25, 0.3) is 5.91 Å². The lowest BCUT2D eigenvalue weighted by molar-refractivity contribution is 0.102. The molecule has 1 aromatic heterocycles. The molecule has 2 aromatic carbocycles. The van der Waals surface area contributed by atoms with Gasteiger partial charge in [0.05, 0.1) is 12.8 Å². The Hall–Kier alpha value is -3.34. The van der Waals surface area contributed by atoms with E-state index in [-0.39, 0.29) is 5.91 Å². The van der Waals surface area contributed by atoms with Crippen molar-refractivity contribution in [3.05, 3.63) is 83.6 Å². The highest BCUT2D eigenvalue weighted by Crippen LogP contribution is 2.25. The zero-order chi connectivity index (χ0) is 19.1. The fraction of sp³-hybridized carbons (Fsp3) is 0.182. The van der Waals surface area contributed by atoms with E-state index < -0.39 is 0 Å². The SMILES string of the molecule is COc1ccc(C)cc1NC(=O)c1ccnc(NCCc2ccccc2)c1. The van der Waals surface area contributed by atoms with E-state index in [1.54, 1.807) is 25.4 Å². The van der Waals surface area contributed by atoms with Crippen LogP contribution in [0.15, 0.2) is 66.9 Å². The number of aromatic nitrogens is 1. The monoisotopic (exact) mass is 361 g/mol. The van der Waals surface area contributed by atoms with Crippen LogP contribution in [0.3, 0.4) is 0 Å². The summed E-state index contributed by atoms with van der Waals surface area (Å²) in [6.07, 6.45) is 2.52. The number of rotatable bonds is 7. The molecule has 0 saturated heterocycles. The maximum absolute atomic E-state index is 12.6. The van der Waals surface area contributed by atoms with Crippen LogP contribution < -0.4 is 15.4 Å². The molecule has 0 atom stereocenters. The van der Waals surface area contributed by atoms with Gasteiger partial charge in [0.2, 0.25) is 0 Å². The lowest BCUT2D eigenvalue weighted by Crippen LogP contribution is -2.14. The predicted octanol–water partition coefficient (Wildman–Crippen LogP) is 4.31. The number of anilines is 2. The third-order valence-electron chi connectivity index (χ3n) is 4.19. The van der Waals surface area contributed by atoms with Crippen LogP contribution in [0.5, 0.6) is 5.75 Å². The number of pyridine rings is 1. The molecule has 3 aromatic rings.